The summed E-state index contributed by atoms with van der Waals surface area (Å²) < 4.78 is 0. The van der Waals surface area contributed by atoms with Crippen LogP contribution < -0.4 is 0 Å². The van der Waals surface area contributed by atoms with Crippen LogP contribution in [0, 0.1) is 40.4 Å². The summed E-state index contributed by atoms with van der Waals surface area (Å²) >= 11 is 0. The molecule has 4 rings (SSSR count). The van der Waals surface area contributed by atoms with Crippen LogP contribution in [-0.2, 0) is 9.59 Å². The average Bonchev–Trinajstić information content (AvgIpc) is 2.92. The Kier molecular flexibility index (Phi) is 5.19. The Morgan fingerprint density at radius 2 is 1.76 bits per heavy atom. The van der Waals surface area contributed by atoms with E-state index in [0.717, 1.165) is 38.5 Å². The van der Waals surface area contributed by atoms with E-state index in [1.54, 1.807) is 0 Å². The lowest BCUT2D eigenvalue weighted by Gasteiger charge is -2.57. The molecular formula is C25H36O4. The average molecular weight is 401 g/mol. The minimum atomic E-state index is -0.678. The van der Waals surface area contributed by atoms with Gasteiger partial charge in [0.1, 0.15) is 0 Å². The van der Waals surface area contributed by atoms with Crippen molar-refractivity contribution >= 4 is 11.9 Å². The molecule has 0 unspecified atom stereocenters. The molecule has 0 spiro atoms. The number of allylic oxidation sites excluding steroid dienone is 4. The summed E-state index contributed by atoms with van der Waals surface area (Å²) in [4.78, 5) is 22.7. The van der Waals surface area contributed by atoms with Gasteiger partial charge in [-0.3, -0.25) is 9.59 Å². The predicted molar refractivity (Wildman–Crippen MR) is 112 cm³/mol. The highest BCUT2D eigenvalue weighted by Crippen LogP contribution is 2.67. The first kappa shape index (κ1) is 20.7. The van der Waals surface area contributed by atoms with Crippen LogP contribution in [-0.4, -0.2) is 22.2 Å². The minimum Gasteiger partial charge on any atom is -0.481 e. The molecule has 0 heterocycles. The van der Waals surface area contributed by atoms with Gasteiger partial charge in [0, 0.05) is 6.42 Å². The normalized spacial score (nSPS) is 45.1. The van der Waals surface area contributed by atoms with Gasteiger partial charge in [-0.1, -0.05) is 37.1 Å². The van der Waals surface area contributed by atoms with Gasteiger partial charge in [-0.25, -0.2) is 0 Å². The van der Waals surface area contributed by atoms with Crippen LogP contribution in [0.5, 0.6) is 0 Å². The minimum absolute atomic E-state index is 0.151. The Hall–Kier alpha value is -1.58. The van der Waals surface area contributed by atoms with Gasteiger partial charge in [0.2, 0.25) is 0 Å². The fraction of sp³-hybridized carbons (Fsp3) is 0.760. The number of hydrogen-bond acceptors (Lipinski definition) is 2. The molecule has 0 bridgehead atoms. The van der Waals surface area contributed by atoms with E-state index in [1.165, 1.54) is 17.6 Å². The lowest BCUT2D eigenvalue weighted by molar-refractivity contribution is -0.139. The Bertz CT molecular complexity index is 765. The number of rotatable bonds is 4. The lowest BCUT2D eigenvalue weighted by Crippen LogP contribution is -2.49. The third kappa shape index (κ3) is 3.27. The van der Waals surface area contributed by atoms with Gasteiger partial charge in [0.05, 0.1) is 6.42 Å². The molecule has 0 aromatic carbocycles. The van der Waals surface area contributed by atoms with Gasteiger partial charge in [-0.05, 0) is 92.3 Å². The molecule has 0 aliphatic heterocycles. The summed E-state index contributed by atoms with van der Waals surface area (Å²) in [7, 11) is 0. The fourth-order valence-corrected chi connectivity index (χ4v) is 8.14. The molecule has 4 nitrogen and oxygen atoms in total. The maximum absolute atomic E-state index is 11.5. The molecule has 2 N–H and O–H groups in total. The number of hydrogen-bond donors (Lipinski definition) is 2. The topological polar surface area (TPSA) is 74.6 Å². The van der Waals surface area contributed by atoms with E-state index in [4.69, 9.17) is 0 Å². The van der Waals surface area contributed by atoms with Crippen LogP contribution in [0.25, 0.3) is 0 Å². The van der Waals surface area contributed by atoms with Gasteiger partial charge < -0.3 is 10.2 Å². The monoisotopic (exact) mass is 400 g/mol. The van der Waals surface area contributed by atoms with Gasteiger partial charge >= 0.3 is 11.9 Å². The van der Waals surface area contributed by atoms with Crippen LogP contribution in [0.3, 0.4) is 0 Å². The van der Waals surface area contributed by atoms with E-state index in [2.05, 4.69) is 32.9 Å². The molecule has 0 amide bonds. The first-order valence-electron chi connectivity index (χ1n) is 11.5. The van der Waals surface area contributed by atoms with Crippen molar-refractivity contribution in [3.8, 4) is 0 Å². The van der Waals surface area contributed by atoms with Crippen molar-refractivity contribution in [1.82, 2.24) is 0 Å². The van der Waals surface area contributed by atoms with Gasteiger partial charge in [0.15, 0.2) is 0 Å². The summed E-state index contributed by atoms with van der Waals surface area (Å²) in [6.45, 7) is 6.93. The number of fused-ring (bicyclic) bond motifs is 5. The third-order valence-electron chi connectivity index (χ3n) is 9.43. The third-order valence-corrected chi connectivity index (χ3v) is 9.43. The van der Waals surface area contributed by atoms with Crippen LogP contribution >= 0.6 is 0 Å². The maximum Gasteiger partial charge on any atom is 0.303 e. The maximum atomic E-state index is 11.5. The number of carboxylic acid groups (broad SMARTS) is 2. The predicted octanol–water partition coefficient (Wildman–Crippen LogP) is 5.69. The summed E-state index contributed by atoms with van der Waals surface area (Å²) in [5, 5.41) is 18.7. The molecular weight excluding hydrogens is 364 g/mol. The van der Waals surface area contributed by atoms with E-state index in [1.807, 2.05) is 0 Å². The Labute approximate surface area is 174 Å². The largest absolute Gasteiger partial charge is 0.481 e. The first-order chi connectivity index (χ1) is 13.7. The van der Waals surface area contributed by atoms with Crippen LogP contribution in [0.15, 0.2) is 23.3 Å². The molecule has 0 aromatic heterocycles. The van der Waals surface area contributed by atoms with Gasteiger partial charge in [-0.15, -0.1) is 0 Å². The highest BCUT2D eigenvalue weighted by Gasteiger charge is 2.59. The standard InChI is InChI=1S/C25H36O4/c1-4-19-16(14-23(28)29)13-21-18-6-5-17-11-15(12-22(26)27)7-9-24(17,2)20(18)8-10-25(19,21)3/h4-5,15-16,18,20-21H,6-14H2,1-3H3,(H,26,27)(H,28,29)/t15-,16+,18+,20-,21+,24-,25+/m0/s1. The number of aliphatic carboxylic acids is 2. The van der Waals surface area contributed by atoms with E-state index in [9.17, 15) is 19.8 Å². The Balaban J connectivity index is 1.61. The smallest absolute Gasteiger partial charge is 0.303 e. The number of carbonyl (C=O) groups is 2. The molecule has 4 aliphatic carbocycles. The Morgan fingerprint density at radius 1 is 1.07 bits per heavy atom. The first-order valence-corrected chi connectivity index (χ1v) is 11.5. The highest BCUT2D eigenvalue weighted by molar-refractivity contribution is 5.68. The number of carboxylic acids is 2. The zero-order valence-electron chi connectivity index (χ0n) is 18.1. The SMILES string of the molecule is CC=C1[C@@H](CC(=O)O)C[C@@H]2[C@@H]3CC=C4C[C@@H](CC(=O)O)CC[C@]4(C)[C@H]3CC[C@]12C. The van der Waals surface area contributed by atoms with Crippen molar-refractivity contribution in [2.24, 2.45) is 40.4 Å². The molecule has 29 heavy (non-hydrogen) atoms. The van der Waals surface area contributed by atoms with Crippen LogP contribution in [0.2, 0.25) is 0 Å². The van der Waals surface area contributed by atoms with Crippen molar-refractivity contribution in [3.63, 3.8) is 0 Å². The Morgan fingerprint density at radius 3 is 2.41 bits per heavy atom. The molecule has 0 saturated heterocycles. The van der Waals surface area contributed by atoms with Crippen molar-refractivity contribution in [3.05, 3.63) is 23.3 Å². The quantitative estimate of drug-likeness (QED) is 0.595. The summed E-state index contributed by atoms with van der Waals surface area (Å²) in [5.41, 5.74) is 3.28. The second kappa shape index (κ2) is 7.28. The van der Waals surface area contributed by atoms with E-state index in [-0.39, 0.29) is 23.2 Å². The van der Waals surface area contributed by atoms with E-state index >= 15 is 0 Å². The molecule has 7 atom stereocenters. The summed E-state index contributed by atoms with van der Waals surface area (Å²) in [6.07, 6.45) is 12.8. The zero-order chi connectivity index (χ0) is 21.0. The summed E-state index contributed by atoms with van der Waals surface area (Å²) in [5.74, 6) is 0.996. The molecule has 0 aromatic rings. The van der Waals surface area contributed by atoms with Crippen LogP contribution in [0.4, 0.5) is 0 Å². The van der Waals surface area contributed by atoms with Crippen molar-refractivity contribution in [1.29, 1.82) is 0 Å². The molecule has 3 fully saturated rings. The molecule has 4 aliphatic rings. The second-order valence-corrected chi connectivity index (χ2v) is 10.7. The molecule has 160 valence electrons. The van der Waals surface area contributed by atoms with Gasteiger partial charge in [-0.2, -0.15) is 0 Å². The van der Waals surface area contributed by atoms with E-state index in [0.29, 0.717) is 30.1 Å². The molecule has 4 heteroatoms. The van der Waals surface area contributed by atoms with Crippen molar-refractivity contribution < 1.29 is 19.8 Å². The molecule has 0 radical (unpaired) electrons. The zero-order valence-corrected chi connectivity index (χ0v) is 18.1. The second-order valence-electron chi connectivity index (χ2n) is 10.7. The van der Waals surface area contributed by atoms with E-state index < -0.39 is 11.9 Å². The van der Waals surface area contributed by atoms with Gasteiger partial charge in [0.25, 0.3) is 0 Å². The summed E-state index contributed by atoms with van der Waals surface area (Å²) in [6, 6.07) is 0. The fourth-order valence-electron chi connectivity index (χ4n) is 8.14. The molecule has 3 saturated carbocycles. The van der Waals surface area contributed by atoms with Crippen molar-refractivity contribution in [2.75, 3.05) is 0 Å². The highest BCUT2D eigenvalue weighted by atomic mass is 16.4. The van der Waals surface area contributed by atoms with Crippen molar-refractivity contribution in [2.45, 2.75) is 78.6 Å². The van der Waals surface area contributed by atoms with Crippen LogP contribution in [0.1, 0.15) is 78.6 Å². The lowest BCUT2D eigenvalue weighted by atomic mass is 9.47.